The number of aromatic nitrogens is 1. The number of anilines is 2. The molecule has 0 saturated carbocycles. The van der Waals surface area contributed by atoms with Crippen molar-refractivity contribution in [2.45, 2.75) is 0 Å². The molecule has 14 heavy (non-hydrogen) atoms. The normalized spacial score (nSPS) is 10.1. The summed E-state index contributed by atoms with van der Waals surface area (Å²) >= 11 is 1.67. The molecule has 3 N–H and O–H groups in total. The van der Waals surface area contributed by atoms with Gasteiger partial charge in [-0.15, -0.1) is 11.3 Å². The first kappa shape index (κ1) is 9.02. The van der Waals surface area contributed by atoms with Crippen LogP contribution < -0.4 is 11.1 Å². The van der Waals surface area contributed by atoms with Crippen LogP contribution in [0.15, 0.2) is 29.6 Å². The van der Waals surface area contributed by atoms with Crippen LogP contribution in [0.25, 0.3) is 10.6 Å². The molecule has 0 unspecified atom stereocenters. The van der Waals surface area contributed by atoms with Crippen LogP contribution in [0.1, 0.15) is 0 Å². The second-order valence-electron chi connectivity index (χ2n) is 2.86. The lowest BCUT2D eigenvalue weighted by Crippen LogP contribution is -1.98. The van der Waals surface area contributed by atoms with E-state index in [0.29, 0.717) is 5.69 Å². The maximum atomic E-state index is 5.73. The monoisotopic (exact) mass is 205 g/mol. The third-order valence-corrected chi connectivity index (χ3v) is 2.83. The molecule has 4 heteroatoms. The molecule has 0 radical (unpaired) electrons. The molecule has 0 amide bonds. The fraction of sp³-hybridized carbons (Fsp3) is 0.100. The molecule has 0 fully saturated rings. The van der Waals surface area contributed by atoms with Crippen LogP contribution >= 0.6 is 11.3 Å². The lowest BCUT2D eigenvalue weighted by Gasteiger charge is -2.05. The summed E-state index contributed by atoms with van der Waals surface area (Å²) in [6.45, 7) is 0. The van der Waals surface area contributed by atoms with E-state index in [1.54, 1.807) is 11.3 Å². The SMILES string of the molecule is CNc1nc(-c2cccs2)ccc1N. The molecule has 0 aliphatic carbocycles. The summed E-state index contributed by atoms with van der Waals surface area (Å²) in [7, 11) is 1.82. The van der Waals surface area contributed by atoms with Crippen molar-refractivity contribution in [3.8, 4) is 10.6 Å². The number of nitrogens with one attached hydrogen (secondary N) is 1. The zero-order chi connectivity index (χ0) is 9.97. The summed E-state index contributed by atoms with van der Waals surface area (Å²) in [5.74, 6) is 0.732. The van der Waals surface area contributed by atoms with Crippen LogP contribution in [0.4, 0.5) is 11.5 Å². The molecular formula is C10H11N3S. The zero-order valence-corrected chi connectivity index (χ0v) is 8.64. The summed E-state index contributed by atoms with van der Waals surface area (Å²) in [4.78, 5) is 5.56. The van der Waals surface area contributed by atoms with Crippen LogP contribution in [0.2, 0.25) is 0 Å². The Kier molecular flexibility index (Phi) is 2.37. The van der Waals surface area contributed by atoms with Crippen molar-refractivity contribution in [3.63, 3.8) is 0 Å². The van der Waals surface area contributed by atoms with Gasteiger partial charge in [0.25, 0.3) is 0 Å². The number of pyridine rings is 1. The molecule has 2 rings (SSSR count). The highest BCUT2D eigenvalue weighted by atomic mass is 32.1. The molecule has 0 bridgehead atoms. The quantitative estimate of drug-likeness (QED) is 0.791. The zero-order valence-electron chi connectivity index (χ0n) is 7.82. The second-order valence-corrected chi connectivity index (χ2v) is 3.81. The van der Waals surface area contributed by atoms with Crippen LogP contribution in [0.3, 0.4) is 0 Å². The Morgan fingerprint density at radius 1 is 1.36 bits per heavy atom. The molecule has 72 valence electrons. The molecule has 0 saturated heterocycles. The highest BCUT2D eigenvalue weighted by molar-refractivity contribution is 7.13. The van der Waals surface area contributed by atoms with E-state index in [-0.39, 0.29) is 0 Å². The summed E-state index contributed by atoms with van der Waals surface area (Å²) in [5, 5.41) is 5.00. The maximum absolute atomic E-state index is 5.73. The third-order valence-electron chi connectivity index (χ3n) is 1.94. The van der Waals surface area contributed by atoms with E-state index in [4.69, 9.17) is 5.73 Å². The van der Waals surface area contributed by atoms with Gasteiger partial charge in [-0.25, -0.2) is 4.98 Å². The highest BCUT2D eigenvalue weighted by Gasteiger charge is 2.03. The Bertz CT molecular complexity index is 423. The Morgan fingerprint density at radius 3 is 2.86 bits per heavy atom. The van der Waals surface area contributed by atoms with Gasteiger partial charge in [-0.3, -0.25) is 0 Å². The lowest BCUT2D eigenvalue weighted by molar-refractivity contribution is 1.30. The van der Waals surface area contributed by atoms with Crippen molar-refractivity contribution in [2.75, 3.05) is 18.1 Å². The van der Waals surface area contributed by atoms with Crippen molar-refractivity contribution in [1.29, 1.82) is 0 Å². The van der Waals surface area contributed by atoms with Gasteiger partial charge in [0.2, 0.25) is 0 Å². The maximum Gasteiger partial charge on any atom is 0.149 e. The van der Waals surface area contributed by atoms with Gasteiger partial charge in [0.05, 0.1) is 16.3 Å². The number of nitrogen functional groups attached to an aromatic ring is 1. The Hall–Kier alpha value is -1.55. The fourth-order valence-corrected chi connectivity index (χ4v) is 1.93. The molecule has 0 atom stereocenters. The average molecular weight is 205 g/mol. The molecule has 2 aromatic heterocycles. The van der Waals surface area contributed by atoms with Crippen molar-refractivity contribution >= 4 is 22.8 Å². The van der Waals surface area contributed by atoms with Gasteiger partial charge in [0.1, 0.15) is 5.82 Å². The predicted molar refractivity (Wildman–Crippen MR) is 61.5 cm³/mol. The van der Waals surface area contributed by atoms with Crippen molar-refractivity contribution in [3.05, 3.63) is 29.6 Å². The van der Waals surface area contributed by atoms with Crippen molar-refractivity contribution < 1.29 is 0 Å². The standard InChI is InChI=1S/C10H11N3S/c1-12-10-7(11)4-5-8(13-10)9-3-2-6-14-9/h2-6H,11H2,1H3,(H,12,13). The second kappa shape index (κ2) is 3.67. The van der Waals surface area contributed by atoms with E-state index in [1.807, 2.05) is 36.7 Å². The van der Waals surface area contributed by atoms with Crippen molar-refractivity contribution in [2.24, 2.45) is 0 Å². The van der Waals surface area contributed by atoms with E-state index in [1.165, 1.54) is 0 Å². The minimum absolute atomic E-state index is 0.674. The van der Waals surface area contributed by atoms with E-state index in [9.17, 15) is 0 Å². The summed E-state index contributed by atoms with van der Waals surface area (Å²) < 4.78 is 0. The first-order valence-electron chi connectivity index (χ1n) is 4.29. The van der Waals surface area contributed by atoms with Crippen LogP contribution in [0.5, 0.6) is 0 Å². The van der Waals surface area contributed by atoms with Crippen LogP contribution in [-0.4, -0.2) is 12.0 Å². The van der Waals surface area contributed by atoms with Gasteiger partial charge in [-0.2, -0.15) is 0 Å². The van der Waals surface area contributed by atoms with Gasteiger partial charge in [0.15, 0.2) is 0 Å². The van der Waals surface area contributed by atoms with Crippen LogP contribution in [0, 0.1) is 0 Å². The molecule has 0 spiro atoms. The Balaban J connectivity index is 2.46. The van der Waals surface area contributed by atoms with Gasteiger partial charge >= 0.3 is 0 Å². The molecule has 0 aliphatic heterocycles. The number of nitrogens with zero attached hydrogens (tertiary/aromatic N) is 1. The van der Waals surface area contributed by atoms with Crippen LogP contribution in [-0.2, 0) is 0 Å². The minimum atomic E-state index is 0.674. The van der Waals surface area contributed by atoms with Gasteiger partial charge in [0, 0.05) is 7.05 Å². The number of hydrogen-bond donors (Lipinski definition) is 2. The van der Waals surface area contributed by atoms with E-state index in [0.717, 1.165) is 16.4 Å². The first-order chi connectivity index (χ1) is 6.81. The van der Waals surface area contributed by atoms with E-state index < -0.39 is 0 Å². The number of nitrogens with two attached hydrogens (primary N) is 1. The Morgan fingerprint density at radius 2 is 2.21 bits per heavy atom. The predicted octanol–water partition coefficient (Wildman–Crippen LogP) is 2.43. The average Bonchev–Trinajstić information content (AvgIpc) is 2.71. The van der Waals surface area contributed by atoms with Crippen molar-refractivity contribution in [1.82, 2.24) is 4.98 Å². The summed E-state index contributed by atoms with van der Waals surface area (Å²) in [6, 6.07) is 7.86. The van der Waals surface area contributed by atoms with Gasteiger partial charge in [-0.05, 0) is 23.6 Å². The topological polar surface area (TPSA) is 50.9 Å². The largest absolute Gasteiger partial charge is 0.396 e. The molecule has 3 nitrogen and oxygen atoms in total. The van der Waals surface area contributed by atoms with Gasteiger partial charge < -0.3 is 11.1 Å². The van der Waals surface area contributed by atoms with E-state index in [2.05, 4.69) is 10.3 Å². The molecule has 2 aromatic rings. The highest BCUT2D eigenvalue weighted by Crippen LogP contribution is 2.26. The molecular weight excluding hydrogens is 194 g/mol. The number of rotatable bonds is 2. The molecule has 0 aromatic carbocycles. The number of hydrogen-bond acceptors (Lipinski definition) is 4. The lowest BCUT2D eigenvalue weighted by atomic mass is 10.3. The number of thiophene rings is 1. The minimum Gasteiger partial charge on any atom is -0.396 e. The fourth-order valence-electron chi connectivity index (χ4n) is 1.23. The molecule has 0 aliphatic rings. The Labute approximate surface area is 86.6 Å². The van der Waals surface area contributed by atoms with Gasteiger partial charge in [-0.1, -0.05) is 6.07 Å². The van der Waals surface area contributed by atoms with E-state index >= 15 is 0 Å². The smallest absolute Gasteiger partial charge is 0.149 e. The first-order valence-corrected chi connectivity index (χ1v) is 5.17. The third kappa shape index (κ3) is 1.56. The molecule has 2 heterocycles. The summed E-state index contributed by atoms with van der Waals surface area (Å²) in [5.41, 5.74) is 7.36. The summed E-state index contributed by atoms with van der Waals surface area (Å²) in [6.07, 6.45) is 0.